The van der Waals surface area contributed by atoms with Crippen LogP contribution in [0.4, 0.5) is 0 Å². The van der Waals surface area contributed by atoms with Gasteiger partial charge in [-0.3, -0.25) is 4.79 Å². The number of rotatable bonds is 9. The zero-order chi connectivity index (χ0) is 24.0. The first-order valence-corrected chi connectivity index (χ1v) is 13.2. The number of nitrogens with zero attached hydrogens (tertiary/aromatic N) is 1. The predicted molar refractivity (Wildman–Crippen MR) is 127 cm³/mol. The van der Waals surface area contributed by atoms with Gasteiger partial charge in [0.1, 0.15) is 6.61 Å². The largest absolute Gasteiger partial charge is 0.493 e. The molecule has 2 fully saturated rings. The third-order valence-electron chi connectivity index (χ3n) is 6.28. The zero-order valence-corrected chi connectivity index (χ0v) is 20.3. The van der Waals surface area contributed by atoms with Crippen molar-refractivity contribution in [2.75, 3.05) is 33.4 Å². The minimum atomic E-state index is -3.61. The summed E-state index contributed by atoms with van der Waals surface area (Å²) in [5.74, 6) is 0.707. The van der Waals surface area contributed by atoms with E-state index in [-0.39, 0.29) is 29.4 Å². The fourth-order valence-electron chi connectivity index (χ4n) is 4.35. The fraction of sp³-hybridized carbons (Fsp3) is 0.480. The van der Waals surface area contributed by atoms with Gasteiger partial charge in [-0.25, -0.2) is 8.42 Å². The number of nitrogens with one attached hydrogen (secondary N) is 1. The summed E-state index contributed by atoms with van der Waals surface area (Å²) in [6.07, 6.45) is 3.48. The summed E-state index contributed by atoms with van der Waals surface area (Å²) >= 11 is 0. The lowest BCUT2D eigenvalue weighted by molar-refractivity contribution is -0.126. The van der Waals surface area contributed by atoms with Crippen molar-refractivity contribution in [1.82, 2.24) is 9.62 Å². The second kappa shape index (κ2) is 11.2. The van der Waals surface area contributed by atoms with E-state index in [9.17, 15) is 13.2 Å². The summed E-state index contributed by atoms with van der Waals surface area (Å²) < 4.78 is 44.2. The maximum Gasteiger partial charge on any atom is 0.243 e. The van der Waals surface area contributed by atoms with Crippen LogP contribution in [0.15, 0.2) is 53.4 Å². The van der Waals surface area contributed by atoms with Crippen LogP contribution in [0.25, 0.3) is 0 Å². The van der Waals surface area contributed by atoms with Crippen molar-refractivity contribution in [2.24, 2.45) is 5.92 Å². The third kappa shape index (κ3) is 5.89. The van der Waals surface area contributed by atoms with Crippen molar-refractivity contribution in [3.63, 3.8) is 0 Å². The predicted octanol–water partition coefficient (Wildman–Crippen LogP) is 2.97. The molecule has 2 saturated heterocycles. The Morgan fingerprint density at radius 1 is 1.12 bits per heavy atom. The van der Waals surface area contributed by atoms with E-state index < -0.39 is 10.0 Å². The summed E-state index contributed by atoms with van der Waals surface area (Å²) in [5.41, 5.74) is 0.874. The van der Waals surface area contributed by atoms with Crippen molar-refractivity contribution in [2.45, 2.75) is 43.2 Å². The van der Waals surface area contributed by atoms with E-state index in [1.807, 2.05) is 18.2 Å². The lowest BCUT2D eigenvalue weighted by atomic mass is 9.98. The van der Waals surface area contributed by atoms with Gasteiger partial charge in [-0.05, 0) is 55.5 Å². The van der Waals surface area contributed by atoms with Gasteiger partial charge in [-0.1, -0.05) is 24.3 Å². The van der Waals surface area contributed by atoms with E-state index in [4.69, 9.17) is 14.2 Å². The third-order valence-corrected chi connectivity index (χ3v) is 8.16. The highest BCUT2D eigenvalue weighted by molar-refractivity contribution is 7.89. The quantitative estimate of drug-likeness (QED) is 0.583. The van der Waals surface area contributed by atoms with Gasteiger partial charge in [0.15, 0.2) is 11.5 Å². The van der Waals surface area contributed by atoms with Gasteiger partial charge >= 0.3 is 0 Å². The van der Waals surface area contributed by atoms with Crippen molar-refractivity contribution in [3.05, 3.63) is 54.1 Å². The first kappa shape index (κ1) is 24.5. The van der Waals surface area contributed by atoms with Crippen LogP contribution in [-0.4, -0.2) is 58.1 Å². The van der Waals surface area contributed by atoms with Crippen LogP contribution < -0.4 is 14.8 Å². The smallest absolute Gasteiger partial charge is 0.243 e. The Kier molecular flexibility index (Phi) is 8.07. The molecule has 0 aliphatic carbocycles. The normalized spacial score (nSPS) is 21.2. The molecule has 2 unspecified atom stereocenters. The number of hydrogen-bond donors (Lipinski definition) is 1. The Bertz CT molecular complexity index is 1070. The van der Waals surface area contributed by atoms with Crippen LogP contribution in [-0.2, 0) is 26.1 Å². The number of amides is 1. The van der Waals surface area contributed by atoms with Gasteiger partial charge < -0.3 is 19.5 Å². The molecule has 0 aromatic heterocycles. The van der Waals surface area contributed by atoms with Gasteiger partial charge in [-0.15, -0.1) is 0 Å². The van der Waals surface area contributed by atoms with Crippen LogP contribution in [0.2, 0.25) is 0 Å². The van der Waals surface area contributed by atoms with E-state index in [0.29, 0.717) is 44.0 Å². The van der Waals surface area contributed by atoms with Crippen molar-refractivity contribution >= 4 is 15.9 Å². The molecule has 2 aliphatic heterocycles. The molecule has 4 rings (SSSR count). The van der Waals surface area contributed by atoms with Crippen LogP contribution in [0.1, 0.15) is 31.2 Å². The average Bonchev–Trinajstić information content (AvgIpc) is 3.40. The van der Waals surface area contributed by atoms with Gasteiger partial charge in [0.05, 0.1) is 24.0 Å². The summed E-state index contributed by atoms with van der Waals surface area (Å²) in [5, 5.41) is 2.95. The highest BCUT2D eigenvalue weighted by Gasteiger charge is 2.33. The molecule has 1 amide bonds. The Morgan fingerprint density at radius 2 is 1.94 bits per heavy atom. The molecule has 0 bridgehead atoms. The van der Waals surface area contributed by atoms with Crippen molar-refractivity contribution in [1.29, 1.82) is 0 Å². The molecule has 34 heavy (non-hydrogen) atoms. The first-order valence-electron chi connectivity index (χ1n) is 11.7. The summed E-state index contributed by atoms with van der Waals surface area (Å²) in [6, 6.07) is 13.9. The molecule has 9 heteroatoms. The zero-order valence-electron chi connectivity index (χ0n) is 19.4. The number of carbonyl (C=O) groups excluding carboxylic acids is 1. The molecular formula is C25H32N2O6S. The Labute approximate surface area is 201 Å². The van der Waals surface area contributed by atoms with E-state index >= 15 is 0 Å². The molecule has 2 atom stereocenters. The molecule has 2 aromatic carbocycles. The fourth-order valence-corrected chi connectivity index (χ4v) is 5.89. The maximum atomic E-state index is 12.9. The molecule has 2 heterocycles. The lowest BCUT2D eigenvalue weighted by Crippen LogP contribution is -2.45. The number of hydrogen-bond acceptors (Lipinski definition) is 6. The number of piperidine rings is 1. The monoisotopic (exact) mass is 488 g/mol. The van der Waals surface area contributed by atoms with E-state index in [1.165, 1.54) is 4.31 Å². The summed E-state index contributed by atoms with van der Waals surface area (Å²) in [7, 11) is -2.02. The van der Waals surface area contributed by atoms with E-state index in [2.05, 4.69) is 5.32 Å². The standard InChI is InChI=1S/C25H32N2O6S/c1-31-24-15-19(11-12-23(24)33-18-21-8-6-14-32-21)16-26-25(28)20-7-5-13-27(17-20)34(29,30)22-9-3-2-4-10-22/h2-4,9-12,15,20-21H,5-8,13-14,16-18H2,1H3,(H,26,28). The molecule has 8 nitrogen and oxygen atoms in total. The Balaban J connectivity index is 1.33. The highest BCUT2D eigenvalue weighted by Crippen LogP contribution is 2.29. The molecule has 0 spiro atoms. The molecule has 2 aliphatic rings. The average molecular weight is 489 g/mol. The topological polar surface area (TPSA) is 94.2 Å². The van der Waals surface area contributed by atoms with Crippen molar-refractivity contribution in [3.8, 4) is 11.5 Å². The number of ether oxygens (including phenoxy) is 3. The molecule has 1 N–H and O–H groups in total. The SMILES string of the molecule is COc1cc(CNC(=O)C2CCCN(S(=O)(=O)c3ccccc3)C2)ccc1OCC1CCCO1. The molecule has 0 radical (unpaired) electrons. The number of carbonyl (C=O) groups is 1. The number of methoxy groups -OCH3 is 1. The van der Waals surface area contributed by atoms with E-state index in [1.54, 1.807) is 37.4 Å². The molecule has 0 saturated carbocycles. The number of sulfonamides is 1. The van der Waals surface area contributed by atoms with Crippen molar-refractivity contribution < 1.29 is 27.4 Å². The van der Waals surface area contributed by atoms with Crippen LogP contribution in [0.3, 0.4) is 0 Å². The van der Waals surface area contributed by atoms with Gasteiger partial charge in [0.25, 0.3) is 0 Å². The van der Waals surface area contributed by atoms with Crippen LogP contribution >= 0.6 is 0 Å². The maximum absolute atomic E-state index is 12.9. The highest BCUT2D eigenvalue weighted by atomic mass is 32.2. The minimum absolute atomic E-state index is 0.115. The molecule has 2 aromatic rings. The summed E-state index contributed by atoms with van der Waals surface area (Å²) in [4.78, 5) is 13.1. The first-order chi connectivity index (χ1) is 16.5. The van der Waals surface area contributed by atoms with Gasteiger partial charge in [0, 0.05) is 26.2 Å². The lowest BCUT2D eigenvalue weighted by Gasteiger charge is -2.31. The molecular weight excluding hydrogens is 456 g/mol. The summed E-state index contributed by atoms with van der Waals surface area (Å²) in [6.45, 7) is 2.19. The van der Waals surface area contributed by atoms with Gasteiger partial charge in [0.2, 0.25) is 15.9 Å². The Hall–Kier alpha value is -2.62. The van der Waals surface area contributed by atoms with E-state index in [0.717, 1.165) is 25.0 Å². The second-order valence-electron chi connectivity index (χ2n) is 8.66. The van der Waals surface area contributed by atoms with Crippen LogP contribution in [0, 0.1) is 5.92 Å². The minimum Gasteiger partial charge on any atom is -0.493 e. The second-order valence-corrected chi connectivity index (χ2v) is 10.6. The van der Waals surface area contributed by atoms with Crippen LogP contribution in [0.5, 0.6) is 11.5 Å². The Morgan fingerprint density at radius 3 is 2.68 bits per heavy atom. The number of benzene rings is 2. The van der Waals surface area contributed by atoms with Gasteiger partial charge in [-0.2, -0.15) is 4.31 Å². The molecule has 184 valence electrons.